The minimum atomic E-state index is -0.899. The van der Waals surface area contributed by atoms with Gasteiger partial charge in [0, 0.05) is 5.75 Å². The molecule has 0 aromatic carbocycles. The molecule has 3 N–H and O–H groups in total. The van der Waals surface area contributed by atoms with Crippen molar-refractivity contribution in [3.8, 4) is 0 Å². The van der Waals surface area contributed by atoms with Crippen molar-refractivity contribution in [2.24, 2.45) is 11.7 Å². The van der Waals surface area contributed by atoms with E-state index >= 15 is 0 Å². The molecule has 1 aliphatic rings. The van der Waals surface area contributed by atoms with E-state index in [1.165, 1.54) is 7.11 Å². The molecular weight excluding hydrogens is 264 g/mol. The molecule has 1 amide bonds. The molecule has 0 aliphatic carbocycles. The molecule has 0 spiro atoms. The van der Waals surface area contributed by atoms with Crippen LogP contribution in [0, 0.1) is 5.92 Å². The lowest BCUT2D eigenvalue weighted by atomic mass is 9.94. The van der Waals surface area contributed by atoms with E-state index in [9.17, 15) is 9.59 Å². The largest absolute Gasteiger partial charge is 0.467 e. The summed E-state index contributed by atoms with van der Waals surface area (Å²) in [5.41, 5.74) is 4.97. The fraction of sp³-hybridized carbons (Fsp3) is 0.846. The molecule has 1 aliphatic heterocycles. The Balaban J connectivity index is 2.72. The normalized spacial score (nSPS) is 24.9. The zero-order valence-electron chi connectivity index (χ0n) is 11.9. The average molecular weight is 288 g/mol. The maximum atomic E-state index is 12.1. The Hall–Kier alpha value is -0.750. The van der Waals surface area contributed by atoms with Crippen LogP contribution in [0.15, 0.2) is 0 Å². The van der Waals surface area contributed by atoms with Crippen molar-refractivity contribution in [3.63, 3.8) is 0 Å². The molecule has 1 saturated heterocycles. The van der Waals surface area contributed by atoms with Crippen molar-refractivity contribution in [3.05, 3.63) is 0 Å². The quantitative estimate of drug-likeness (QED) is 0.735. The molecule has 5 nitrogen and oxygen atoms in total. The lowest BCUT2D eigenvalue weighted by Gasteiger charge is -2.35. The fourth-order valence-corrected chi connectivity index (χ4v) is 3.42. The predicted molar refractivity (Wildman–Crippen MR) is 76.9 cm³/mol. The molecule has 0 saturated carbocycles. The highest BCUT2D eigenvalue weighted by molar-refractivity contribution is 7.99. The van der Waals surface area contributed by atoms with Gasteiger partial charge in [-0.3, -0.25) is 4.79 Å². The Morgan fingerprint density at radius 1 is 1.47 bits per heavy atom. The van der Waals surface area contributed by atoms with Gasteiger partial charge in [0.2, 0.25) is 5.91 Å². The van der Waals surface area contributed by atoms with E-state index < -0.39 is 11.6 Å². The van der Waals surface area contributed by atoms with Gasteiger partial charge in [-0.1, -0.05) is 13.8 Å². The third-order valence-corrected chi connectivity index (χ3v) is 4.52. The minimum Gasteiger partial charge on any atom is -0.467 e. The molecule has 0 radical (unpaired) electrons. The van der Waals surface area contributed by atoms with Crippen molar-refractivity contribution in [2.75, 3.05) is 18.6 Å². The Labute approximate surface area is 119 Å². The van der Waals surface area contributed by atoms with Gasteiger partial charge < -0.3 is 15.8 Å². The summed E-state index contributed by atoms with van der Waals surface area (Å²) in [5, 5.41) is 2.83. The monoisotopic (exact) mass is 288 g/mol. The summed E-state index contributed by atoms with van der Waals surface area (Å²) in [6, 6.07) is -0.576. The zero-order valence-corrected chi connectivity index (χ0v) is 12.7. The van der Waals surface area contributed by atoms with Gasteiger partial charge in [-0.05, 0) is 30.9 Å². The number of rotatable bonds is 5. The molecule has 0 aromatic heterocycles. The number of thioether (sulfide) groups is 1. The minimum absolute atomic E-state index is 0.262. The second kappa shape index (κ2) is 7.14. The summed E-state index contributed by atoms with van der Waals surface area (Å²) in [4.78, 5) is 24.1. The number of esters is 1. The topological polar surface area (TPSA) is 81.4 Å². The first-order valence-corrected chi connectivity index (χ1v) is 7.80. The summed E-state index contributed by atoms with van der Waals surface area (Å²) in [6.07, 6.45) is 2.11. The van der Waals surface area contributed by atoms with E-state index in [1.807, 2.05) is 13.8 Å². The first kappa shape index (κ1) is 16.3. The fourth-order valence-electron chi connectivity index (χ4n) is 2.24. The smallest absolute Gasteiger partial charge is 0.332 e. The zero-order chi connectivity index (χ0) is 14.5. The van der Waals surface area contributed by atoms with Gasteiger partial charge in [0.25, 0.3) is 0 Å². The van der Waals surface area contributed by atoms with E-state index in [4.69, 9.17) is 10.5 Å². The maximum Gasteiger partial charge on any atom is 0.332 e. The SMILES string of the molecule is COC(=O)C1(NC(=O)C(N)CC(C)C)CCCSC1. The third-order valence-electron chi connectivity index (χ3n) is 3.24. The molecule has 19 heavy (non-hydrogen) atoms. The summed E-state index contributed by atoms with van der Waals surface area (Å²) in [5.74, 6) is 1.27. The Kier molecular flexibility index (Phi) is 6.13. The van der Waals surface area contributed by atoms with Crippen LogP contribution < -0.4 is 11.1 Å². The van der Waals surface area contributed by atoms with Gasteiger partial charge in [-0.15, -0.1) is 0 Å². The van der Waals surface area contributed by atoms with E-state index in [1.54, 1.807) is 11.8 Å². The first-order valence-electron chi connectivity index (χ1n) is 6.65. The number of nitrogens with two attached hydrogens (primary N) is 1. The van der Waals surface area contributed by atoms with Crippen molar-refractivity contribution in [1.29, 1.82) is 0 Å². The van der Waals surface area contributed by atoms with Gasteiger partial charge in [0.1, 0.15) is 5.54 Å². The number of carbonyl (C=O) groups is 2. The Morgan fingerprint density at radius 3 is 2.63 bits per heavy atom. The van der Waals surface area contributed by atoms with E-state index in [-0.39, 0.29) is 11.9 Å². The number of nitrogens with one attached hydrogen (secondary N) is 1. The van der Waals surface area contributed by atoms with Crippen molar-refractivity contribution in [1.82, 2.24) is 5.32 Å². The molecule has 1 fully saturated rings. The van der Waals surface area contributed by atoms with Crippen LogP contribution in [0.2, 0.25) is 0 Å². The van der Waals surface area contributed by atoms with Crippen molar-refractivity contribution in [2.45, 2.75) is 44.7 Å². The summed E-state index contributed by atoms with van der Waals surface area (Å²) < 4.78 is 4.85. The van der Waals surface area contributed by atoms with Crippen molar-refractivity contribution >= 4 is 23.6 Å². The summed E-state index contributed by atoms with van der Waals surface area (Å²) in [7, 11) is 1.35. The number of ether oxygens (including phenoxy) is 1. The van der Waals surface area contributed by atoms with Crippen LogP contribution >= 0.6 is 11.8 Å². The molecule has 2 unspecified atom stereocenters. The van der Waals surface area contributed by atoms with Crippen LogP contribution in [0.1, 0.15) is 33.1 Å². The Bertz CT molecular complexity index is 328. The van der Waals surface area contributed by atoms with Crippen molar-refractivity contribution < 1.29 is 14.3 Å². The van der Waals surface area contributed by atoms with Crippen LogP contribution in [-0.4, -0.2) is 42.1 Å². The molecule has 110 valence electrons. The van der Waals surface area contributed by atoms with Gasteiger partial charge in [-0.2, -0.15) is 11.8 Å². The number of methoxy groups -OCH3 is 1. The number of carbonyl (C=O) groups excluding carboxylic acids is 2. The maximum absolute atomic E-state index is 12.1. The van der Waals surface area contributed by atoms with Gasteiger partial charge in [0.15, 0.2) is 0 Å². The number of hydrogen-bond donors (Lipinski definition) is 2. The molecule has 1 rings (SSSR count). The standard InChI is InChI=1S/C13H24N2O3S/c1-9(2)7-10(14)11(16)15-13(12(17)18-3)5-4-6-19-8-13/h9-10H,4-8,14H2,1-3H3,(H,15,16). The third kappa shape index (κ3) is 4.38. The number of hydrogen-bond acceptors (Lipinski definition) is 5. The summed E-state index contributed by atoms with van der Waals surface area (Å²) in [6.45, 7) is 4.03. The average Bonchev–Trinajstić information content (AvgIpc) is 2.37. The van der Waals surface area contributed by atoms with E-state index in [0.717, 1.165) is 12.2 Å². The highest BCUT2D eigenvalue weighted by Crippen LogP contribution is 2.28. The van der Waals surface area contributed by atoms with Gasteiger partial charge in [-0.25, -0.2) is 4.79 Å². The first-order chi connectivity index (χ1) is 8.91. The molecule has 6 heteroatoms. The predicted octanol–water partition coefficient (Wildman–Crippen LogP) is 0.915. The molecule has 1 heterocycles. The lowest BCUT2D eigenvalue weighted by molar-refractivity contribution is -0.150. The lowest BCUT2D eigenvalue weighted by Crippen LogP contribution is -2.61. The molecule has 0 aromatic rings. The molecular formula is C13H24N2O3S. The summed E-state index contributed by atoms with van der Waals surface area (Å²) >= 11 is 1.66. The molecule has 0 bridgehead atoms. The van der Waals surface area contributed by atoms with Crippen LogP contribution in [-0.2, 0) is 14.3 Å². The van der Waals surface area contributed by atoms with E-state index in [2.05, 4.69) is 5.32 Å². The Morgan fingerprint density at radius 2 is 2.16 bits per heavy atom. The van der Waals surface area contributed by atoms with Gasteiger partial charge >= 0.3 is 5.97 Å². The van der Waals surface area contributed by atoms with Gasteiger partial charge in [0.05, 0.1) is 13.2 Å². The van der Waals surface area contributed by atoms with Crippen LogP contribution in [0.5, 0.6) is 0 Å². The van der Waals surface area contributed by atoms with Crippen LogP contribution in [0.3, 0.4) is 0 Å². The van der Waals surface area contributed by atoms with Crippen LogP contribution in [0.25, 0.3) is 0 Å². The molecule has 2 atom stereocenters. The highest BCUT2D eigenvalue weighted by atomic mass is 32.2. The van der Waals surface area contributed by atoms with E-state index in [0.29, 0.717) is 24.5 Å². The number of amides is 1. The second-order valence-corrected chi connectivity index (χ2v) is 6.56. The second-order valence-electron chi connectivity index (χ2n) is 5.46. The highest BCUT2D eigenvalue weighted by Gasteiger charge is 2.43. The van der Waals surface area contributed by atoms with Crippen LogP contribution in [0.4, 0.5) is 0 Å².